The van der Waals surface area contributed by atoms with Crippen molar-refractivity contribution in [2.24, 2.45) is 0 Å². The first-order valence-electron chi connectivity index (χ1n) is 4.46. The molecule has 1 aromatic heterocycles. The van der Waals surface area contributed by atoms with Gasteiger partial charge in [-0.25, -0.2) is 13.4 Å². The molecule has 0 spiro atoms. The quantitative estimate of drug-likeness (QED) is 0.750. The van der Waals surface area contributed by atoms with Crippen LogP contribution in [-0.2, 0) is 9.05 Å². The van der Waals surface area contributed by atoms with Gasteiger partial charge >= 0.3 is 0 Å². The van der Waals surface area contributed by atoms with Crippen molar-refractivity contribution in [3.63, 3.8) is 0 Å². The molecule has 1 fully saturated rings. The van der Waals surface area contributed by atoms with Gasteiger partial charge < -0.3 is 4.57 Å². The summed E-state index contributed by atoms with van der Waals surface area (Å²) in [6, 6.07) is 0.424. The minimum atomic E-state index is -3.57. The summed E-state index contributed by atoms with van der Waals surface area (Å²) in [5.74, 6) is 0.544. The average Bonchev–Trinajstić information content (AvgIpc) is 2.81. The first-order valence-corrected chi connectivity index (χ1v) is 6.83. The third-order valence-electron chi connectivity index (χ3n) is 2.42. The molecule has 78 valence electrons. The Morgan fingerprint density at radius 3 is 2.79 bits per heavy atom. The van der Waals surface area contributed by atoms with Crippen molar-refractivity contribution in [2.45, 2.75) is 31.1 Å². The maximum absolute atomic E-state index is 11.1. The maximum atomic E-state index is 11.1. The van der Waals surface area contributed by atoms with Gasteiger partial charge in [0.2, 0.25) is 9.05 Å². The van der Waals surface area contributed by atoms with E-state index in [1.54, 1.807) is 13.1 Å². The van der Waals surface area contributed by atoms with Crippen LogP contribution >= 0.6 is 10.7 Å². The molecule has 6 heteroatoms. The van der Waals surface area contributed by atoms with Gasteiger partial charge in [-0.15, -0.1) is 0 Å². The number of halogens is 1. The second-order valence-electron chi connectivity index (χ2n) is 3.54. The van der Waals surface area contributed by atoms with Crippen molar-refractivity contribution < 1.29 is 8.42 Å². The van der Waals surface area contributed by atoms with E-state index < -0.39 is 14.3 Å². The lowest BCUT2D eigenvalue weighted by Crippen LogP contribution is -2.10. The normalized spacial score (nSPS) is 19.6. The van der Waals surface area contributed by atoms with Crippen molar-refractivity contribution in [3.8, 4) is 0 Å². The first kappa shape index (κ1) is 9.98. The molecule has 1 atom stereocenters. The molecule has 0 amide bonds. The molecule has 1 aliphatic carbocycles. The van der Waals surface area contributed by atoms with Crippen LogP contribution < -0.4 is 0 Å². The summed E-state index contributed by atoms with van der Waals surface area (Å²) in [7, 11) is 1.73. The average molecular weight is 235 g/mol. The molecular weight excluding hydrogens is 224 g/mol. The van der Waals surface area contributed by atoms with E-state index in [4.69, 9.17) is 10.7 Å². The van der Waals surface area contributed by atoms with Crippen LogP contribution in [-0.4, -0.2) is 18.0 Å². The Bertz CT molecular complexity index is 436. The lowest BCUT2D eigenvalue weighted by Gasteiger charge is -2.10. The van der Waals surface area contributed by atoms with Crippen LogP contribution in [0.2, 0.25) is 0 Å². The van der Waals surface area contributed by atoms with E-state index in [0.29, 0.717) is 11.9 Å². The predicted octanol–water partition coefficient (Wildman–Crippen LogP) is 1.85. The van der Waals surface area contributed by atoms with Gasteiger partial charge in [0.1, 0.15) is 11.1 Å². The van der Waals surface area contributed by atoms with Gasteiger partial charge in [-0.2, -0.15) is 0 Å². The van der Waals surface area contributed by atoms with Gasteiger partial charge in [-0.05, 0) is 19.8 Å². The van der Waals surface area contributed by atoms with E-state index in [-0.39, 0.29) is 0 Å². The Kier molecular flexibility index (Phi) is 2.31. The molecule has 2 rings (SSSR count). The minimum absolute atomic E-state index is 0.424. The predicted molar refractivity (Wildman–Crippen MR) is 53.7 cm³/mol. The number of nitrogens with zero attached hydrogens (tertiary/aromatic N) is 2. The van der Waals surface area contributed by atoms with E-state index in [1.165, 1.54) is 0 Å². The second kappa shape index (κ2) is 3.24. The fourth-order valence-electron chi connectivity index (χ4n) is 1.43. The van der Waals surface area contributed by atoms with Crippen molar-refractivity contribution in [3.05, 3.63) is 18.2 Å². The molecule has 1 aromatic rings. The smallest absolute Gasteiger partial charge is 0.242 e. The first-order chi connectivity index (χ1) is 6.50. The van der Waals surface area contributed by atoms with Gasteiger partial charge in [0.25, 0.3) is 0 Å². The van der Waals surface area contributed by atoms with Crippen LogP contribution in [0, 0.1) is 0 Å². The summed E-state index contributed by atoms with van der Waals surface area (Å²) < 4.78 is 24.2. The van der Waals surface area contributed by atoms with E-state index >= 15 is 0 Å². The van der Waals surface area contributed by atoms with Crippen molar-refractivity contribution in [1.29, 1.82) is 0 Å². The zero-order chi connectivity index (χ0) is 10.3. The summed E-state index contributed by atoms with van der Waals surface area (Å²) in [5.41, 5.74) is 0. The highest BCUT2D eigenvalue weighted by Gasteiger charge is 2.30. The zero-order valence-corrected chi connectivity index (χ0v) is 9.29. The standard InChI is InChI=1S/C8H11ClN2O2S/c1-6(14(9,12)13)8-10-4-5-11(8)7-2-3-7/h4-7H,2-3H2,1H3/t6-/m0/s1. The van der Waals surface area contributed by atoms with Crippen molar-refractivity contribution in [2.75, 3.05) is 0 Å². The highest BCUT2D eigenvalue weighted by Crippen LogP contribution is 2.38. The molecule has 1 heterocycles. The SMILES string of the molecule is C[C@@H](c1nccn1C1CC1)S(=O)(=O)Cl. The number of imidazole rings is 1. The third-order valence-corrected chi connectivity index (χ3v) is 4.28. The van der Waals surface area contributed by atoms with Gasteiger partial charge in [-0.3, -0.25) is 0 Å². The molecule has 0 bridgehead atoms. The summed E-state index contributed by atoms with van der Waals surface area (Å²) in [6.07, 6.45) is 5.62. The molecule has 0 radical (unpaired) electrons. The molecule has 1 aliphatic rings. The lowest BCUT2D eigenvalue weighted by atomic mass is 10.4. The minimum Gasteiger partial charge on any atom is -0.331 e. The highest BCUT2D eigenvalue weighted by molar-refractivity contribution is 8.13. The molecule has 0 unspecified atom stereocenters. The van der Waals surface area contributed by atoms with Crippen LogP contribution in [0.15, 0.2) is 12.4 Å². The van der Waals surface area contributed by atoms with Crippen molar-refractivity contribution >= 4 is 19.7 Å². The van der Waals surface area contributed by atoms with Gasteiger partial charge in [0.05, 0.1) is 0 Å². The van der Waals surface area contributed by atoms with Crippen molar-refractivity contribution in [1.82, 2.24) is 9.55 Å². The number of rotatable bonds is 3. The van der Waals surface area contributed by atoms with E-state index in [2.05, 4.69) is 4.98 Å². The number of aromatic nitrogens is 2. The molecule has 1 saturated carbocycles. The molecule has 0 aliphatic heterocycles. The van der Waals surface area contributed by atoms with Crippen LogP contribution in [0.4, 0.5) is 0 Å². The van der Waals surface area contributed by atoms with Crippen LogP contribution in [0.1, 0.15) is 36.9 Å². The monoisotopic (exact) mass is 234 g/mol. The fourth-order valence-corrected chi connectivity index (χ4v) is 2.10. The molecular formula is C8H11ClN2O2S. The molecule has 0 saturated heterocycles. The van der Waals surface area contributed by atoms with Crippen LogP contribution in [0.25, 0.3) is 0 Å². The largest absolute Gasteiger partial charge is 0.331 e. The summed E-state index contributed by atoms with van der Waals surface area (Å²) >= 11 is 0. The lowest BCUT2D eigenvalue weighted by molar-refractivity contribution is 0.589. The maximum Gasteiger partial charge on any atom is 0.242 e. The van der Waals surface area contributed by atoms with E-state index in [0.717, 1.165) is 12.8 Å². The second-order valence-corrected chi connectivity index (χ2v) is 6.49. The Hall–Kier alpha value is -0.550. The topological polar surface area (TPSA) is 52.0 Å². The molecule has 4 nitrogen and oxygen atoms in total. The van der Waals surface area contributed by atoms with E-state index in [9.17, 15) is 8.42 Å². The number of hydrogen-bond acceptors (Lipinski definition) is 3. The summed E-state index contributed by atoms with van der Waals surface area (Å²) in [6.45, 7) is 1.56. The van der Waals surface area contributed by atoms with Gasteiger partial charge in [0, 0.05) is 29.1 Å². The number of hydrogen-bond donors (Lipinski definition) is 0. The van der Waals surface area contributed by atoms with Gasteiger partial charge in [0.15, 0.2) is 0 Å². The Morgan fingerprint density at radius 1 is 1.64 bits per heavy atom. The molecule has 0 aromatic carbocycles. The fraction of sp³-hybridized carbons (Fsp3) is 0.625. The van der Waals surface area contributed by atoms with Crippen LogP contribution in [0.3, 0.4) is 0 Å². The third kappa shape index (κ3) is 1.79. The Balaban J connectivity index is 2.36. The Labute approximate surface area is 87.3 Å². The summed E-state index contributed by atoms with van der Waals surface area (Å²) in [4.78, 5) is 4.04. The summed E-state index contributed by atoms with van der Waals surface area (Å²) in [5, 5.41) is -0.736. The van der Waals surface area contributed by atoms with Crippen LogP contribution in [0.5, 0.6) is 0 Å². The Morgan fingerprint density at radius 2 is 2.29 bits per heavy atom. The zero-order valence-electron chi connectivity index (χ0n) is 7.72. The highest BCUT2D eigenvalue weighted by atomic mass is 35.7. The van der Waals surface area contributed by atoms with E-state index in [1.807, 2.05) is 10.8 Å². The van der Waals surface area contributed by atoms with Gasteiger partial charge in [-0.1, -0.05) is 0 Å². The molecule has 14 heavy (non-hydrogen) atoms. The molecule has 0 N–H and O–H groups in total.